The molecule has 1 aromatic carbocycles. The zero-order valence-corrected chi connectivity index (χ0v) is 18.3. The minimum atomic E-state index is -3.58. The van der Waals surface area contributed by atoms with E-state index in [2.05, 4.69) is 15.3 Å². The van der Waals surface area contributed by atoms with Gasteiger partial charge in [-0.1, -0.05) is 24.3 Å². The molecule has 0 aliphatic carbocycles. The topological polar surface area (TPSA) is 92.3 Å². The summed E-state index contributed by atoms with van der Waals surface area (Å²) in [6.07, 6.45) is 9.44. The number of pyridine rings is 2. The predicted octanol–water partition coefficient (Wildman–Crippen LogP) is 3.69. The quantitative estimate of drug-likeness (QED) is 0.621. The number of nitrogens with one attached hydrogen (secondary N) is 1. The molecular weight excluding hydrogens is 424 g/mol. The van der Waals surface area contributed by atoms with E-state index in [0.29, 0.717) is 31.6 Å². The van der Waals surface area contributed by atoms with Gasteiger partial charge in [-0.15, -0.1) is 0 Å². The van der Waals surface area contributed by atoms with Gasteiger partial charge in [-0.25, -0.2) is 8.42 Å². The molecule has 32 heavy (non-hydrogen) atoms. The van der Waals surface area contributed by atoms with Crippen LogP contribution in [0.5, 0.6) is 0 Å². The number of amides is 1. The van der Waals surface area contributed by atoms with Gasteiger partial charge in [-0.2, -0.15) is 4.31 Å². The third-order valence-corrected chi connectivity index (χ3v) is 7.27. The number of hydrogen-bond donors (Lipinski definition) is 1. The number of benzene rings is 1. The van der Waals surface area contributed by atoms with Crippen molar-refractivity contribution in [1.82, 2.24) is 14.3 Å². The van der Waals surface area contributed by atoms with Crippen LogP contribution in [0.3, 0.4) is 0 Å². The lowest BCUT2D eigenvalue weighted by atomic mass is 9.97. The lowest BCUT2D eigenvalue weighted by Gasteiger charge is -2.30. The Balaban J connectivity index is 1.35. The van der Waals surface area contributed by atoms with Gasteiger partial charge in [-0.05, 0) is 60.9 Å². The maximum absolute atomic E-state index is 12.8. The first-order valence-corrected chi connectivity index (χ1v) is 11.9. The van der Waals surface area contributed by atoms with E-state index in [1.807, 2.05) is 54.6 Å². The summed E-state index contributed by atoms with van der Waals surface area (Å²) < 4.78 is 26.9. The fourth-order valence-corrected chi connectivity index (χ4v) is 5.06. The highest BCUT2D eigenvalue weighted by Gasteiger charge is 2.32. The average molecular weight is 449 g/mol. The molecule has 7 nitrogen and oxygen atoms in total. The Morgan fingerprint density at radius 2 is 1.84 bits per heavy atom. The second kappa shape index (κ2) is 9.84. The second-order valence-electron chi connectivity index (χ2n) is 7.57. The van der Waals surface area contributed by atoms with Gasteiger partial charge in [0.15, 0.2) is 0 Å². The van der Waals surface area contributed by atoms with Crippen molar-refractivity contribution in [3.63, 3.8) is 0 Å². The van der Waals surface area contributed by atoms with Crippen LogP contribution >= 0.6 is 0 Å². The highest BCUT2D eigenvalue weighted by molar-refractivity contribution is 7.89. The molecule has 0 bridgehead atoms. The highest BCUT2D eigenvalue weighted by Crippen LogP contribution is 2.25. The zero-order chi connectivity index (χ0) is 22.4. The van der Waals surface area contributed by atoms with E-state index < -0.39 is 10.0 Å². The van der Waals surface area contributed by atoms with Crippen molar-refractivity contribution in [1.29, 1.82) is 0 Å². The van der Waals surface area contributed by atoms with E-state index in [1.54, 1.807) is 18.5 Å². The van der Waals surface area contributed by atoms with Crippen molar-refractivity contribution in [3.05, 3.63) is 84.4 Å². The Bertz CT molecular complexity index is 1190. The highest BCUT2D eigenvalue weighted by atomic mass is 32.2. The third-order valence-electron chi connectivity index (χ3n) is 5.39. The molecule has 8 heteroatoms. The number of anilines is 1. The molecule has 3 heterocycles. The number of hydrogen-bond acceptors (Lipinski definition) is 5. The van der Waals surface area contributed by atoms with Crippen molar-refractivity contribution in [2.24, 2.45) is 5.92 Å². The van der Waals surface area contributed by atoms with Crippen LogP contribution in [-0.2, 0) is 14.8 Å². The lowest BCUT2D eigenvalue weighted by Crippen LogP contribution is -2.41. The molecule has 1 saturated heterocycles. The fraction of sp³-hybridized carbons (Fsp3) is 0.208. The molecule has 3 aromatic rings. The Hall–Kier alpha value is -3.36. The van der Waals surface area contributed by atoms with Crippen molar-refractivity contribution in [2.75, 3.05) is 18.4 Å². The third kappa shape index (κ3) is 5.27. The van der Waals surface area contributed by atoms with Gasteiger partial charge in [0.1, 0.15) is 4.90 Å². The Kier molecular flexibility index (Phi) is 6.72. The summed E-state index contributed by atoms with van der Waals surface area (Å²) in [5.41, 5.74) is 2.52. The molecule has 1 aliphatic heterocycles. The van der Waals surface area contributed by atoms with Crippen LogP contribution in [0.4, 0.5) is 5.69 Å². The smallest absolute Gasteiger partial charge is 0.244 e. The van der Waals surface area contributed by atoms with Gasteiger partial charge in [0, 0.05) is 43.3 Å². The first kappa shape index (κ1) is 21.9. The van der Waals surface area contributed by atoms with E-state index in [4.69, 9.17) is 0 Å². The van der Waals surface area contributed by atoms with Crippen molar-refractivity contribution < 1.29 is 13.2 Å². The van der Waals surface area contributed by atoms with E-state index in [-0.39, 0.29) is 16.7 Å². The van der Waals surface area contributed by atoms with E-state index in [9.17, 15) is 13.2 Å². The van der Waals surface area contributed by atoms with E-state index >= 15 is 0 Å². The molecule has 1 amide bonds. The van der Waals surface area contributed by atoms with Gasteiger partial charge in [0.05, 0.1) is 5.69 Å². The molecule has 2 aromatic heterocycles. The van der Waals surface area contributed by atoms with Crippen LogP contribution in [0.15, 0.2) is 78.1 Å². The summed E-state index contributed by atoms with van der Waals surface area (Å²) in [5.74, 6) is -0.322. The van der Waals surface area contributed by atoms with Crippen molar-refractivity contribution in [3.8, 4) is 0 Å². The SMILES string of the molecule is O=C(Nc1cccc(/C=C/c2ccccn2)c1)C1CCN(S(=O)(=O)c2cccnc2)CC1. The van der Waals surface area contributed by atoms with Crippen LogP contribution in [0, 0.1) is 5.92 Å². The number of carbonyl (C=O) groups is 1. The normalized spacial score (nSPS) is 15.6. The minimum Gasteiger partial charge on any atom is -0.326 e. The van der Waals surface area contributed by atoms with Gasteiger partial charge in [0.2, 0.25) is 15.9 Å². The van der Waals surface area contributed by atoms with Crippen molar-refractivity contribution >= 4 is 33.8 Å². The summed E-state index contributed by atoms with van der Waals surface area (Å²) in [5, 5.41) is 2.97. The molecule has 0 unspecified atom stereocenters. The Labute approximate surface area is 187 Å². The summed E-state index contributed by atoms with van der Waals surface area (Å²) in [6.45, 7) is 0.615. The number of aromatic nitrogens is 2. The average Bonchev–Trinajstić information content (AvgIpc) is 2.84. The molecule has 1 N–H and O–H groups in total. The molecule has 0 atom stereocenters. The molecule has 0 saturated carbocycles. The second-order valence-corrected chi connectivity index (χ2v) is 9.51. The number of carbonyl (C=O) groups excluding carboxylic acids is 1. The zero-order valence-electron chi connectivity index (χ0n) is 17.5. The maximum Gasteiger partial charge on any atom is 0.244 e. The van der Waals surface area contributed by atoms with E-state index in [1.165, 1.54) is 16.6 Å². The Morgan fingerprint density at radius 1 is 1.00 bits per heavy atom. The monoisotopic (exact) mass is 448 g/mol. The van der Waals surface area contributed by atoms with E-state index in [0.717, 1.165) is 11.3 Å². The first-order chi connectivity index (χ1) is 15.5. The van der Waals surface area contributed by atoms with Crippen LogP contribution in [0.1, 0.15) is 24.1 Å². The standard InChI is InChI=1S/C24H24N4O3S/c29-24(20-11-15-28(16-12-20)32(30,31)23-8-4-13-25-18-23)27-22-7-3-5-19(17-22)9-10-21-6-1-2-14-26-21/h1-10,13-14,17-18,20H,11-12,15-16H2,(H,27,29)/b10-9+. The number of piperidine rings is 1. The summed E-state index contributed by atoms with van der Waals surface area (Å²) in [6, 6.07) is 16.4. The van der Waals surface area contributed by atoms with Gasteiger partial charge in [-0.3, -0.25) is 14.8 Å². The number of nitrogens with zero attached hydrogens (tertiary/aromatic N) is 3. The predicted molar refractivity (Wildman–Crippen MR) is 124 cm³/mol. The van der Waals surface area contributed by atoms with Crippen LogP contribution < -0.4 is 5.32 Å². The number of sulfonamides is 1. The van der Waals surface area contributed by atoms with Crippen LogP contribution in [0.2, 0.25) is 0 Å². The Morgan fingerprint density at radius 3 is 2.56 bits per heavy atom. The molecule has 0 spiro atoms. The summed E-state index contributed by atoms with van der Waals surface area (Å²) in [4.78, 5) is 21.1. The molecule has 0 radical (unpaired) electrons. The van der Waals surface area contributed by atoms with Gasteiger partial charge < -0.3 is 5.32 Å². The molecule has 164 valence electrons. The summed E-state index contributed by atoms with van der Waals surface area (Å²) in [7, 11) is -3.58. The maximum atomic E-state index is 12.8. The molecule has 1 fully saturated rings. The van der Waals surface area contributed by atoms with Gasteiger partial charge in [0.25, 0.3) is 0 Å². The van der Waals surface area contributed by atoms with Gasteiger partial charge >= 0.3 is 0 Å². The molecular formula is C24H24N4O3S. The van der Waals surface area contributed by atoms with Crippen LogP contribution in [-0.4, -0.2) is 41.7 Å². The molecule has 1 aliphatic rings. The molecule has 4 rings (SSSR count). The minimum absolute atomic E-state index is 0.0886. The number of rotatable bonds is 6. The van der Waals surface area contributed by atoms with Crippen molar-refractivity contribution in [2.45, 2.75) is 17.7 Å². The largest absolute Gasteiger partial charge is 0.326 e. The fourth-order valence-electron chi connectivity index (χ4n) is 3.63. The first-order valence-electron chi connectivity index (χ1n) is 10.4. The lowest BCUT2D eigenvalue weighted by molar-refractivity contribution is -0.120. The van der Waals surface area contributed by atoms with Crippen LogP contribution in [0.25, 0.3) is 12.2 Å². The summed E-state index contributed by atoms with van der Waals surface area (Å²) >= 11 is 0.